The van der Waals surface area contributed by atoms with Crippen molar-refractivity contribution < 1.29 is 19.1 Å². The number of hydrogen-bond acceptors (Lipinski definition) is 5. The Balaban J connectivity index is 1.52. The van der Waals surface area contributed by atoms with Crippen molar-refractivity contribution in [2.45, 2.75) is 13.5 Å². The first-order valence-corrected chi connectivity index (χ1v) is 10.0. The second-order valence-corrected chi connectivity index (χ2v) is 7.64. The number of amides is 2. The van der Waals surface area contributed by atoms with Crippen LogP contribution >= 0.6 is 11.6 Å². The van der Waals surface area contributed by atoms with Gasteiger partial charge in [0.25, 0.3) is 11.8 Å². The van der Waals surface area contributed by atoms with E-state index in [-0.39, 0.29) is 29.6 Å². The fourth-order valence-electron chi connectivity index (χ4n) is 3.30. The lowest BCUT2D eigenvalue weighted by molar-refractivity contribution is -0.135. The van der Waals surface area contributed by atoms with Crippen LogP contribution in [0, 0.1) is 0 Å². The van der Waals surface area contributed by atoms with Gasteiger partial charge in [-0.15, -0.1) is 0 Å². The summed E-state index contributed by atoms with van der Waals surface area (Å²) in [5, 5.41) is 0.713. The number of piperazine rings is 1. The van der Waals surface area contributed by atoms with Gasteiger partial charge in [0.2, 0.25) is 0 Å². The van der Waals surface area contributed by atoms with E-state index in [0.717, 1.165) is 19.6 Å². The largest absolute Gasteiger partial charge is 0.483 e. The molecule has 1 heterocycles. The van der Waals surface area contributed by atoms with Crippen molar-refractivity contribution in [3.63, 3.8) is 0 Å². The zero-order valence-electron chi connectivity index (χ0n) is 16.8. The number of halogens is 1. The minimum absolute atomic E-state index is 0.0864. The van der Waals surface area contributed by atoms with Crippen LogP contribution in [0.5, 0.6) is 5.75 Å². The molecule has 0 radical (unpaired) electrons. The molecular weight excluding hydrogens is 406 g/mol. The molecule has 1 aliphatic rings. The first-order chi connectivity index (χ1) is 14.3. The first-order valence-electron chi connectivity index (χ1n) is 9.65. The first kappa shape index (κ1) is 21.8. The third-order valence-corrected chi connectivity index (χ3v) is 5.30. The lowest BCUT2D eigenvalue weighted by Gasteiger charge is -2.34. The van der Waals surface area contributed by atoms with E-state index in [1.807, 2.05) is 24.3 Å². The van der Waals surface area contributed by atoms with E-state index in [1.54, 1.807) is 11.0 Å². The number of hydrogen-bond donors (Lipinski definition) is 1. The van der Waals surface area contributed by atoms with E-state index >= 15 is 0 Å². The van der Waals surface area contributed by atoms with Gasteiger partial charge < -0.3 is 15.4 Å². The summed E-state index contributed by atoms with van der Waals surface area (Å²) >= 11 is 5.92. The number of ketones is 1. The highest BCUT2D eigenvalue weighted by Gasteiger charge is 2.22. The molecule has 2 N–H and O–H groups in total. The lowest BCUT2D eigenvalue weighted by Crippen LogP contribution is -2.49. The van der Waals surface area contributed by atoms with Crippen LogP contribution in [0.25, 0.3) is 0 Å². The Morgan fingerprint density at radius 2 is 1.70 bits per heavy atom. The van der Waals surface area contributed by atoms with E-state index in [4.69, 9.17) is 22.1 Å². The van der Waals surface area contributed by atoms with E-state index in [0.29, 0.717) is 23.7 Å². The molecule has 2 amide bonds. The highest BCUT2D eigenvalue weighted by molar-refractivity contribution is 6.30. The Morgan fingerprint density at radius 3 is 2.30 bits per heavy atom. The molecule has 1 fully saturated rings. The summed E-state index contributed by atoms with van der Waals surface area (Å²) in [4.78, 5) is 39.7. The van der Waals surface area contributed by atoms with Gasteiger partial charge in [0.15, 0.2) is 12.4 Å². The van der Waals surface area contributed by atoms with Gasteiger partial charge in [-0.3, -0.25) is 19.3 Å². The average molecular weight is 430 g/mol. The molecule has 1 saturated heterocycles. The lowest BCUT2D eigenvalue weighted by atomic mass is 10.1. The summed E-state index contributed by atoms with van der Waals surface area (Å²) in [5.41, 5.74) is 7.00. The summed E-state index contributed by atoms with van der Waals surface area (Å²) in [7, 11) is 0. The van der Waals surface area contributed by atoms with Gasteiger partial charge in [-0.25, -0.2) is 0 Å². The van der Waals surface area contributed by atoms with E-state index in [2.05, 4.69) is 4.90 Å². The summed E-state index contributed by atoms with van der Waals surface area (Å²) in [6.45, 7) is 4.72. The number of nitrogens with two attached hydrogens (primary N) is 1. The van der Waals surface area contributed by atoms with E-state index < -0.39 is 5.91 Å². The molecule has 30 heavy (non-hydrogen) atoms. The molecule has 0 bridgehead atoms. The minimum atomic E-state index is -0.712. The molecule has 1 aliphatic heterocycles. The summed E-state index contributed by atoms with van der Waals surface area (Å²) in [6, 6.07) is 12.2. The fourth-order valence-corrected chi connectivity index (χ4v) is 3.43. The Morgan fingerprint density at radius 1 is 1.03 bits per heavy atom. The SMILES string of the molecule is CC(=O)c1ccc(OCC(=O)N2CCN(Cc3ccc(Cl)cc3)CC2)c(C(N)=O)c1. The topological polar surface area (TPSA) is 92.9 Å². The number of benzene rings is 2. The molecule has 2 aromatic rings. The third kappa shape index (κ3) is 5.58. The molecule has 0 atom stereocenters. The summed E-state index contributed by atoms with van der Waals surface area (Å²) in [5.74, 6) is -0.859. The molecule has 2 aromatic carbocycles. The highest BCUT2D eigenvalue weighted by Crippen LogP contribution is 2.21. The molecule has 3 rings (SSSR count). The van der Waals surface area contributed by atoms with Crippen LogP contribution in [-0.4, -0.2) is 60.2 Å². The standard InChI is InChI=1S/C22H24ClN3O4/c1-15(27)17-4-7-20(19(12-17)22(24)29)30-14-21(28)26-10-8-25(9-11-26)13-16-2-5-18(23)6-3-16/h2-7,12H,8-11,13-14H2,1H3,(H2,24,29). The second kappa shape index (κ2) is 9.73. The molecule has 7 nitrogen and oxygen atoms in total. The number of ether oxygens (including phenoxy) is 1. The maximum atomic E-state index is 12.5. The molecule has 0 aromatic heterocycles. The molecular formula is C22H24ClN3O4. The zero-order chi connectivity index (χ0) is 21.7. The van der Waals surface area contributed by atoms with Crippen LogP contribution in [0.3, 0.4) is 0 Å². The maximum Gasteiger partial charge on any atom is 0.260 e. The second-order valence-electron chi connectivity index (χ2n) is 7.20. The average Bonchev–Trinajstić information content (AvgIpc) is 2.74. The van der Waals surface area contributed by atoms with Gasteiger partial charge in [-0.1, -0.05) is 23.7 Å². The monoisotopic (exact) mass is 429 g/mol. The number of Topliss-reactive ketones (excluding diaryl/α,β-unsaturated/α-hetero) is 1. The molecule has 0 aliphatic carbocycles. The van der Waals surface area contributed by atoms with Gasteiger partial charge in [-0.2, -0.15) is 0 Å². The van der Waals surface area contributed by atoms with Crippen LogP contribution in [0.1, 0.15) is 33.2 Å². The smallest absolute Gasteiger partial charge is 0.260 e. The maximum absolute atomic E-state index is 12.5. The molecule has 0 unspecified atom stereocenters. The van der Waals surface area contributed by atoms with Crippen LogP contribution in [0.2, 0.25) is 5.02 Å². The van der Waals surface area contributed by atoms with Crippen LogP contribution in [-0.2, 0) is 11.3 Å². The Hall–Kier alpha value is -2.90. The predicted octanol–water partition coefficient (Wildman–Crippen LogP) is 2.36. The molecule has 158 valence electrons. The molecule has 8 heteroatoms. The van der Waals surface area contributed by atoms with Crippen molar-refractivity contribution in [3.05, 3.63) is 64.2 Å². The quantitative estimate of drug-likeness (QED) is 0.682. The van der Waals surface area contributed by atoms with Gasteiger partial charge in [-0.05, 0) is 42.8 Å². The van der Waals surface area contributed by atoms with E-state index in [1.165, 1.54) is 24.6 Å². The Kier molecular flexibility index (Phi) is 7.07. The summed E-state index contributed by atoms with van der Waals surface area (Å²) < 4.78 is 5.55. The van der Waals surface area contributed by atoms with Crippen molar-refractivity contribution in [2.24, 2.45) is 5.73 Å². The van der Waals surface area contributed by atoms with Crippen molar-refractivity contribution >= 4 is 29.2 Å². The number of carbonyl (C=O) groups excluding carboxylic acids is 3. The molecule has 0 spiro atoms. The van der Waals surface area contributed by atoms with Gasteiger partial charge in [0.1, 0.15) is 5.75 Å². The van der Waals surface area contributed by atoms with Gasteiger partial charge in [0, 0.05) is 43.3 Å². The zero-order valence-corrected chi connectivity index (χ0v) is 17.5. The van der Waals surface area contributed by atoms with Crippen molar-refractivity contribution in [3.8, 4) is 5.75 Å². The van der Waals surface area contributed by atoms with Crippen LogP contribution < -0.4 is 10.5 Å². The fraction of sp³-hybridized carbons (Fsp3) is 0.318. The number of primary amides is 1. The molecule has 0 saturated carbocycles. The predicted molar refractivity (Wildman–Crippen MR) is 114 cm³/mol. The normalized spacial score (nSPS) is 14.4. The Labute approximate surface area is 180 Å². The minimum Gasteiger partial charge on any atom is -0.483 e. The Bertz CT molecular complexity index is 938. The number of nitrogens with zero attached hydrogens (tertiary/aromatic N) is 2. The number of carbonyl (C=O) groups is 3. The van der Waals surface area contributed by atoms with E-state index in [9.17, 15) is 14.4 Å². The number of rotatable bonds is 7. The highest BCUT2D eigenvalue weighted by atomic mass is 35.5. The van der Waals surface area contributed by atoms with Gasteiger partial charge >= 0.3 is 0 Å². The third-order valence-electron chi connectivity index (χ3n) is 5.05. The van der Waals surface area contributed by atoms with Crippen molar-refractivity contribution in [1.29, 1.82) is 0 Å². The van der Waals surface area contributed by atoms with Crippen LogP contribution in [0.15, 0.2) is 42.5 Å². The van der Waals surface area contributed by atoms with Crippen molar-refractivity contribution in [1.82, 2.24) is 9.80 Å². The van der Waals surface area contributed by atoms with Crippen molar-refractivity contribution in [2.75, 3.05) is 32.8 Å². The van der Waals surface area contributed by atoms with Crippen LogP contribution in [0.4, 0.5) is 0 Å². The van der Waals surface area contributed by atoms with Gasteiger partial charge in [0.05, 0.1) is 5.56 Å². The summed E-state index contributed by atoms with van der Waals surface area (Å²) in [6.07, 6.45) is 0.